The standard InChI is InChI=1S/C16H14O/c1-2-16-8-7-13-9-11-5-3-4-6-12(11)10-14(13)15(16)17-16/h3-10,15H,2H2,1H3. The second-order valence-corrected chi connectivity index (χ2v) is 4.97. The maximum Gasteiger partial charge on any atom is 0.118 e. The van der Waals surface area contributed by atoms with E-state index in [9.17, 15) is 0 Å². The molecule has 1 nitrogen and oxygen atoms in total. The summed E-state index contributed by atoms with van der Waals surface area (Å²) in [6, 6.07) is 13.1. The third kappa shape index (κ3) is 1.18. The molecular weight excluding hydrogens is 208 g/mol. The van der Waals surface area contributed by atoms with Gasteiger partial charge in [0.25, 0.3) is 0 Å². The fraction of sp³-hybridized carbons (Fsp3) is 0.250. The third-order valence-corrected chi connectivity index (χ3v) is 4.06. The topological polar surface area (TPSA) is 12.5 Å². The maximum atomic E-state index is 5.90. The first-order valence-corrected chi connectivity index (χ1v) is 6.22. The lowest BCUT2D eigenvalue weighted by Gasteiger charge is -2.13. The lowest BCUT2D eigenvalue weighted by atomic mass is 9.86. The normalized spacial score (nSPS) is 28.9. The van der Waals surface area contributed by atoms with Crippen molar-refractivity contribution in [2.24, 2.45) is 0 Å². The highest BCUT2D eigenvalue weighted by Gasteiger charge is 2.55. The second kappa shape index (κ2) is 2.99. The van der Waals surface area contributed by atoms with Crippen molar-refractivity contribution in [2.75, 3.05) is 0 Å². The molecule has 17 heavy (non-hydrogen) atoms. The van der Waals surface area contributed by atoms with Crippen LogP contribution in [-0.2, 0) is 4.74 Å². The summed E-state index contributed by atoms with van der Waals surface area (Å²) in [4.78, 5) is 0. The number of fused-ring (bicyclic) bond motifs is 4. The van der Waals surface area contributed by atoms with Crippen molar-refractivity contribution in [3.8, 4) is 0 Å². The van der Waals surface area contributed by atoms with Crippen LogP contribution in [0.15, 0.2) is 42.5 Å². The van der Waals surface area contributed by atoms with Gasteiger partial charge in [0.05, 0.1) is 0 Å². The Hall–Kier alpha value is -1.60. The Kier molecular flexibility index (Phi) is 1.66. The summed E-state index contributed by atoms with van der Waals surface area (Å²) >= 11 is 0. The van der Waals surface area contributed by atoms with E-state index >= 15 is 0 Å². The smallest absolute Gasteiger partial charge is 0.118 e. The SMILES string of the molecule is CCC12C=Cc3cc4ccccc4cc3C1O2. The van der Waals surface area contributed by atoms with Crippen LogP contribution in [0.5, 0.6) is 0 Å². The number of epoxide rings is 1. The molecule has 4 rings (SSSR count). The van der Waals surface area contributed by atoms with Gasteiger partial charge in [-0.05, 0) is 46.5 Å². The van der Waals surface area contributed by atoms with E-state index in [1.54, 1.807) is 0 Å². The Bertz CT molecular complexity index is 641. The minimum absolute atomic E-state index is 0.00938. The van der Waals surface area contributed by atoms with Crippen molar-refractivity contribution in [3.63, 3.8) is 0 Å². The molecule has 0 amide bonds. The Morgan fingerprint density at radius 2 is 1.94 bits per heavy atom. The predicted octanol–water partition coefficient (Wildman–Crippen LogP) is 4.09. The Morgan fingerprint density at radius 3 is 2.71 bits per heavy atom. The lowest BCUT2D eigenvalue weighted by molar-refractivity contribution is 0.328. The summed E-state index contributed by atoms with van der Waals surface area (Å²) in [6.07, 6.45) is 5.79. The van der Waals surface area contributed by atoms with E-state index in [4.69, 9.17) is 4.74 Å². The molecule has 84 valence electrons. The van der Waals surface area contributed by atoms with Crippen LogP contribution < -0.4 is 0 Å². The van der Waals surface area contributed by atoms with Gasteiger partial charge in [0, 0.05) is 0 Å². The molecule has 0 spiro atoms. The molecule has 2 aromatic rings. The van der Waals surface area contributed by atoms with Crippen LogP contribution >= 0.6 is 0 Å². The van der Waals surface area contributed by atoms with Crippen molar-refractivity contribution in [2.45, 2.75) is 25.0 Å². The molecule has 1 heteroatoms. The first-order valence-electron chi connectivity index (χ1n) is 6.22. The first-order chi connectivity index (χ1) is 8.32. The Labute approximate surface area is 101 Å². The number of rotatable bonds is 1. The van der Waals surface area contributed by atoms with Gasteiger partial charge in [0.2, 0.25) is 0 Å². The summed E-state index contributed by atoms with van der Waals surface area (Å²) in [7, 11) is 0. The fourth-order valence-electron chi connectivity index (χ4n) is 2.90. The van der Waals surface area contributed by atoms with Crippen LogP contribution in [0, 0.1) is 0 Å². The molecule has 1 aliphatic heterocycles. The molecular formula is C16H14O. The zero-order chi connectivity index (χ0) is 11.5. The predicted molar refractivity (Wildman–Crippen MR) is 69.8 cm³/mol. The van der Waals surface area contributed by atoms with Crippen LogP contribution in [0.4, 0.5) is 0 Å². The monoisotopic (exact) mass is 222 g/mol. The number of hydrogen-bond donors (Lipinski definition) is 0. The summed E-state index contributed by atoms with van der Waals surface area (Å²) in [5.74, 6) is 0. The highest BCUT2D eigenvalue weighted by molar-refractivity contribution is 5.87. The Balaban J connectivity index is 1.96. The van der Waals surface area contributed by atoms with Gasteiger partial charge in [-0.1, -0.05) is 37.3 Å². The van der Waals surface area contributed by atoms with E-state index in [2.05, 4.69) is 55.5 Å². The van der Waals surface area contributed by atoms with Crippen LogP contribution in [0.3, 0.4) is 0 Å². The van der Waals surface area contributed by atoms with Crippen molar-refractivity contribution in [1.29, 1.82) is 0 Å². The minimum atomic E-state index is 0.00938. The zero-order valence-corrected chi connectivity index (χ0v) is 9.81. The van der Waals surface area contributed by atoms with E-state index in [1.807, 2.05) is 0 Å². The van der Waals surface area contributed by atoms with Crippen molar-refractivity contribution < 1.29 is 4.74 Å². The van der Waals surface area contributed by atoms with Gasteiger partial charge < -0.3 is 4.74 Å². The molecule has 2 aliphatic rings. The van der Waals surface area contributed by atoms with E-state index < -0.39 is 0 Å². The lowest BCUT2D eigenvalue weighted by Crippen LogP contribution is -2.10. The summed E-state index contributed by atoms with van der Waals surface area (Å²) in [5.41, 5.74) is 2.68. The largest absolute Gasteiger partial charge is 0.356 e. The Morgan fingerprint density at radius 1 is 1.18 bits per heavy atom. The minimum Gasteiger partial charge on any atom is -0.356 e. The van der Waals surface area contributed by atoms with E-state index in [0.29, 0.717) is 0 Å². The molecule has 1 aliphatic carbocycles. The maximum absolute atomic E-state index is 5.90. The third-order valence-electron chi connectivity index (χ3n) is 4.06. The number of benzene rings is 2. The molecule has 1 fully saturated rings. The highest BCUT2D eigenvalue weighted by Crippen LogP contribution is 2.56. The van der Waals surface area contributed by atoms with E-state index in [-0.39, 0.29) is 11.7 Å². The molecule has 0 bridgehead atoms. The van der Waals surface area contributed by atoms with Crippen LogP contribution in [0.25, 0.3) is 16.8 Å². The van der Waals surface area contributed by atoms with Gasteiger partial charge >= 0.3 is 0 Å². The molecule has 2 aromatic carbocycles. The van der Waals surface area contributed by atoms with Crippen LogP contribution in [0.2, 0.25) is 0 Å². The van der Waals surface area contributed by atoms with Crippen molar-refractivity contribution in [3.05, 3.63) is 53.6 Å². The number of ether oxygens (including phenoxy) is 1. The average molecular weight is 222 g/mol. The molecule has 2 unspecified atom stereocenters. The van der Waals surface area contributed by atoms with Crippen LogP contribution in [0.1, 0.15) is 30.6 Å². The molecule has 0 saturated carbocycles. The van der Waals surface area contributed by atoms with Gasteiger partial charge in [-0.15, -0.1) is 0 Å². The molecule has 0 radical (unpaired) electrons. The van der Waals surface area contributed by atoms with Crippen molar-refractivity contribution >= 4 is 16.8 Å². The summed E-state index contributed by atoms with van der Waals surface area (Å²) in [5, 5.41) is 2.61. The van der Waals surface area contributed by atoms with Crippen molar-refractivity contribution in [1.82, 2.24) is 0 Å². The first kappa shape index (κ1) is 9.43. The second-order valence-electron chi connectivity index (χ2n) is 4.97. The molecule has 1 saturated heterocycles. The molecule has 0 N–H and O–H groups in total. The van der Waals surface area contributed by atoms with Gasteiger partial charge in [-0.25, -0.2) is 0 Å². The summed E-state index contributed by atoms with van der Waals surface area (Å²) < 4.78 is 5.90. The molecule has 0 aromatic heterocycles. The van der Waals surface area contributed by atoms with Gasteiger partial charge in [-0.3, -0.25) is 0 Å². The zero-order valence-electron chi connectivity index (χ0n) is 9.81. The molecule has 2 atom stereocenters. The van der Waals surface area contributed by atoms with Crippen LogP contribution in [-0.4, -0.2) is 5.60 Å². The number of hydrogen-bond acceptors (Lipinski definition) is 1. The van der Waals surface area contributed by atoms with Gasteiger partial charge in [0.15, 0.2) is 0 Å². The quantitative estimate of drug-likeness (QED) is 0.662. The van der Waals surface area contributed by atoms with E-state index in [1.165, 1.54) is 21.9 Å². The fourth-order valence-corrected chi connectivity index (χ4v) is 2.90. The van der Waals surface area contributed by atoms with E-state index in [0.717, 1.165) is 6.42 Å². The summed E-state index contributed by atoms with van der Waals surface area (Å²) in [6.45, 7) is 2.19. The highest BCUT2D eigenvalue weighted by atomic mass is 16.6. The average Bonchev–Trinajstić information content (AvgIpc) is 3.12. The molecule has 1 heterocycles. The van der Waals surface area contributed by atoms with Gasteiger partial charge in [0.1, 0.15) is 11.7 Å². The van der Waals surface area contributed by atoms with Gasteiger partial charge in [-0.2, -0.15) is 0 Å².